The highest BCUT2D eigenvalue weighted by Gasteiger charge is 2.49. The number of pyridine rings is 1. The van der Waals surface area contributed by atoms with Gasteiger partial charge in [0.25, 0.3) is 0 Å². The van der Waals surface area contributed by atoms with E-state index in [1.54, 1.807) is 6.07 Å². The zero-order chi connectivity index (χ0) is 46.7. The van der Waals surface area contributed by atoms with Crippen LogP contribution in [0.3, 0.4) is 0 Å². The molecule has 66 heavy (non-hydrogen) atoms. The normalized spacial score (nSPS) is 15.0. The fourth-order valence-corrected chi connectivity index (χ4v) is 10.9. The molecule has 2 heterocycles. The first-order valence-electron chi connectivity index (χ1n) is 22.3. The summed E-state index contributed by atoms with van der Waals surface area (Å²) in [5, 5.41) is 8.00. The van der Waals surface area contributed by atoms with E-state index in [2.05, 4.69) is 40.4 Å². The number of ether oxygens (including phenoxy) is 1. The number of amides is 2. The van der Waals surface area contributed by atoms with E-state index < -0.39 is 17.1 Å². The summed E-state index contributed by atoms with van der Waals surface area (Å²) in [4.78, 5) is 44.9. The van der Waals surface area contributed by atoms with Gasteiger partial charge < -0.3 is 39.8 Å². The molecule has 342 valence electrons. The van der Waals surface area contributed by atoms with Gasteiger partial charge in [-0.2, -0.15) is 0 Å². The number of nitrogens with zero attached hydrogens (tertiary/aromatic N) is 1. The lowest BCUT2D eigenvalue weighted by Crippen LogP contribution is -2.49. The zero-order valence-electron chi connectivity index (χ0n) is 37.9. The van der Waals surface area contributed by atoms with Crippen molar-refractivity contribution in [2.24, 2.45) is 17.1 Å². The molecule has 7 rings (SSSR count). The number of primary amides is 1. The van der Waals surface area contributed by atoms with Crippen molar-refractivity contribution in [2.75, 3.05) is 31.5 Å². The molecule has 2 atom stereocenters. The number of hydrogen-bond acceptors (Lipinski definition) is 8. The molecule has 0 unspecified atom stereocenters. The highest BCUT2D eigenvalue weighted by Crippen LogP contribution is 2.45. The lowest BCUT2D eigenvalue weighted by atomic mass is 9.64. The number of H-pyrrole nitrogens is 1. The van der Waals surface area contributed by atoms with E-state index >= 15 is 0 Å². The molecule has 1 aliphatic heterocycles. The van der Waals surface area contributed by atoms with Crippen molar-refractivity contribution in [1.29, 1.82) is 0 Å². The molecule has 1 aromatic heterocycles. The van der Waals surface area contributed by atoms with Crippen LogP contribution in [0, 0.1) is 11.3 Å². The van der Waals surface area contributed by atoms with Crippen LogP contribution in [0.15, 0.2) is 138 Å². The molecular formula is C52H58ClN5O6Si2. The molecule has 1 aliphatic rings. The van der Waals surface area contributed by atoms with Gasteiger partial charge in [-0.15, -0.1) is 0 Å². The van der Waals surface area contributed by atoms with Gasteiger partial charge in [-0.1, -0.05) is 129 Å². The summed E-state index contributed by atoms with van der Waals surface area (Å²) in [5.41, 5.74) is 10.5. The Hall–Kier alpha value is -5.39. The molecule has 11 nitrogen and oxygen atoms in total. The third kappa shape index (κ3) is 11.1. The molecule has 0 bridgehead atoms. The molecule has 5 aromatic carbocycles. The molecule has 14 heteroatoms. The molecule has 4 radical (unpaired) electrons. The number of carbonyl (C=O) groups excluding carboxylic acids is 2. The van der Waals surface area contributed by atoms with Crippen molar-refractivity contribution in [3.63, 3.8) is 0 Å². The van der Waals surface area contributed by atoms with Crippen molar-refractivity contribution < 1.29 is 23.2 Å². The quantitative estimate of drug-likeness (QED) is 0.0392. The van der Waals surface area contributed by atoms with Crippen molar-refractivity contribution >= 4 is 59.5 Å². The number of nitrogens with one attached hydrogen (secondary N) is 3. The number of aromatic amines is 1. The molecule has 6 aromatic rings. The Morgan fingerprint density at radius 2 is 1.52 bits per heavy atom. The Labute approximate surface area is 397 Å². The summed E-state index contributed by atoms with van der Waals surface area (Å²) in [6.45, 7) is 11.6. The topological polar surface area (TPSA) is 148 Å². The van der Waals surface area contributed by atoms with Gasteiger partial charge in [-0.05, 0) is 84.1 Å². The minimum absolute atomic E-state index is 0.0635. The van der Waals surface area contributed by atoms with E-state index in [4.69, 9.17) is 30.9 Å². The number of fused-ring (bicyclic) bond motifs is 1. The molecule has 2 amide bonds. The van der Waals surface area contributed by atoms with E-state index in [-0.39, 0.29) is 55.2 Å². The van der Waals surface area contributed by atoms with Gasteiger partial charge in [0.1, 0.15) is 24.1 Å². The number of anilines is 1. The van der Waals surface area contributed by atoms with Gasteiger partial charge >= 0.3 is 0 Å². The maximum atomic E-state index is 13.5. The number of hydrogen-bond donors (Lipinski definition) is 4. The average molecular weight is 941 g/mol. The van der Waals surface area contributed by atoms with Crippen molar-refractivity contribution in [3.05, 3.63) is 177 Å². The first-order valence-corrected chi connectivity index (χ1v) is 25.5. The zero-order valence-corrected chi connectivity index (χ0v) is 40.7. The van der Waals surface area contributed by atoms with Crippen LogP contribution in [-0.4, -0.2) is 73.7 Å². The first kappa shape index (κ1) is 48.5. The third-order valence-electron chi connectivity index (χ3n) is 12.8. The Balaban J connectivity index is 1.01. The van der Waals surface area contributed by atoms with Gasteiger partial charge in [0, 0.05) is 55.4 Å². The van der Waals surface area contributed by atoms with Gasteiger partial charge in [0.05, 0.1) is 16.2 Å². The second kappa shape index (κ2) is 22.4. The van der Waals surface area contributed by atoms with Crippen LogP contribution < -0.4 is 26.7 Å². The van der Waals surface area contributed by atoms with Gasteiger partial charge in [0.15, 0.2) is 0 Å². The Morgan fingerprint density at radius 1 is 0.864 bits per heavy atom. The van der Waals surface area contributed by atoms with E-state index in [0.717, 1.165) is 46.2 Å². The minimum atomic E-state index is -0.990. The standard InChI is InChI=1S/C52H58ClN5O6Si2/c1-51(2,50(63-65-3)64-66-4)42(40-21-24-45(48-41(40)22-25-46(59)57-48)62-34-35-14-8-5-9-15-35)32-55-31-36-20-23-44(43(53)30-36)56-47(60)27-29-58-28-26-39(33-58)52(49(54)61,37-16-10-6-11-17-37)38-18-12-7-13-19-38/h5-25,30,39,42,50,55H,26-29,31-34H2,1-4H3,(H2,54,61)(H,56,60)(H,57,59)/t39-,42-/m1/s1. The van der Waals surface area contributed by atoms with Gasteiger partial charge in [-0.25, -0.2) is 0 Å². The number of nitrogens with two attached hydrogens (primary N) is 1. The van der Waals surface area contributed by atoms with Crippen molar-refractivity contribution in [1.82, 2.24) is 15.2 Å². The van der Waals surface area contributed by atoms with Crippen molar-refractivity contribution in [2.45, 2.75) is 70.6 Å². The number of carbonyl (C=O) groups is 2. The van der Waals surface area contributed by atoms with E-state index in [9.17, 15) is 14.4 Å². The lowest BCUT2D eigenvalue weighted by molar-refractivity contribution is -0.124. The van der Waals surface area contributed by atoms with Crippen molar-refractivity contribution in [3.8, 4) is 5.75 Å². The number of likely N-dealkylation sites (tertiary alicyclic amines) is 1. The second-order valence-electron chi connectivity index (χ2n) is 17.3. The summed E-state index contributed by atoms with van der Waals surface area (Å²) in [7, 11) is 0.452. The summed E-state index contributed by atoms with van der Waals surface area (Å²) >= 11 is 6.83. The van der Waals surface area contributed by atoms with E-state index in [1.165, 1.54) is 0 Å². The molecule has 0 spiro atoms. The van der Waals surface area contributed by atoms with Crippen LogP contribution in [0.1, 0.15) is 60.4 Å². The van der Waals surface area contributed by atoms with Crippen LogP contribution in [0.2, 0.25) is 18.1 Å². The molecular weight excluding hydrogens is 882 g/mol. The van der Waals surface area contributed by atoms with Crippen LogP contribution in [0.25, 0.3) is 10.9 Å². The lowest BCUT2D eigenvalue weighted by Gasteiger charge is -2.41. The first-order chi connectivity index (χ1) is 31.9. The number of halogens is 1. The van der Waals surface area contributed by atoms with Gasteiger partial charge in [0.2, 0.25) is 36.9 Å². The summed E-state index contributed by atoms with van der Waals surface area (Å²) in [5.74, 6) is -0.133. The van der Waals surface area contributed by atoms with E-state index in [1.807, 2.05) is 134 Å². The van der Waals surface area contributed by atoms with Crippen LogP contribution >= 0.6 is 11.6 Å². The Bertz CT molecular complexity index is 2570. The Kier molecular flexibility index (Phi) is 16.5. The van der Waals surface area contributed by atoms with Crippen LogP contribution in [-0.2, 0) is 37.0 Å². The maximum absolute atomic E-state index is 13.5. The van der Waals surface area contributed by atoms with E-state index in [0.29, 0.717) is 54.8 Å². The molecule has 1 fully saturated rings. The monoisotopic (exact) mass is 939 g/mol. The Morgan fingerprint density at radius 3 is 2.14 bits per heavy atom. The number of rotatable bonds is 22. The molecule has 5 N–H and O–H groups in total. The number of benzene rings is 5. The second-order valence-corrected chi connectivity index (χ2v) is 19.0. The highest BCUT2D eigenvalue weighted by atomic mass is 35.5. The minimum Gasteiger partial charge on any atom is -0.487 e. The third-order valence-corrected chi connectivity index (χ3v) is 14.0. The molecule has 0 aliphatic carbocycles. The number of aromatic nitrogens is 1. The highest BCUT2D eigenvalue weighted by molar-refractivity contribution is 6.33. The molecule has 1 saturated heterocycles. The smallest absolute Gasteiger partial charge is 0.248 e. The SMILES string of the molecule is C[Si]OC(O[Si]C)C(C)(C)[C@H](CNCc1ccc(NC(=O)CCN2CC[C@@H](C(C(N)=O)(c3ccccc3)c3ccccc3)C2)c(Cl)c1)c1ccc(OCc2ccccc2)c2[nH]c(=O)ccc12. The van der Waals surface area contributed by atoms with Crippen LogP contribution in [0.4, 0.5) is 5.69 Å². The average Bonchev–Trinajstić information content (AvgIpc) is 3.80. The molecule has 0 saturated carbocycles. The predicted molar refractivity (Wildman–Crippen MR) is 265 cm³/mol. The van der Waals surface area contributed by atoms with Gasteiger partial charge in [-0.3, -0.25) is 14.4 Å². The van der Waals surface area contributed by atoms with Crippen LogP contribution in [0.5, 0.6) is 5.75 Å². The predicted octanol–water partition coefficient (Wildman–Crippen LogP) is 8.48. The maximum Gasteiger partial charge on any atom is 0.248 e. The fraction of sp³-hybridized carbons (Fsp3) is 0.327. The summed E-state index contributed by atoms with van der Waals surface area (Å²) in [6.07, 6.45) is 0.541. The fourth-order valence-electron chi connectivity index (χ4n) is 9.41. The summed E-state index contributed by atoms with van der Waals surface area (Å²) < 4.78 is 18.8. The summed E-state index contributed by atoms with van der Waals surface area (Å²) in [6, 6.07) is 42.6. The largest absolute Gasteiger partial charge is 0.487 e.